The highest BCUT2D eigenvalue weighted by Crippen LogP contribution is 2.30. The molecule has 0 aliphatic heterocycles. The zero-order valence-electron chi connectivity index (χ0n) is 9.06. The summed E-state index contributed by atoms with van der Waals surface area (Å²) in [6.45, 7) is 1.65. The number of nitrogens with zero attached hydrogens (tertiary/aromatic N) is 2. The van der Waals surface area contributed by atoms with E-state index in [1.807, 2.05) is 0 Å². The van der Waals surface area contributed by atoms with Gasteiger partial charge in [-0.15, -0.1) is 5.10 Å². The lowest BCUT2D eigenvalue weighted by Crippen LogP contribution is -2.04. The number of hydrogen-bond donors (Lipinski definition) is 0. The molecule has 3 nitrogen and oxygen atoms in total. The molecule has 0 amide bonds. The van der Waals surface area contributed by atoms with Crippen LogP contribution in [0.2, 0.25) is 0 Å². The van der Waals surface area contributed by atoms with Gasteiger partial charge < -0.3 is 0 Å². The molecule has 1 heterocycles. The number of hydrogen-bond acceptors (Lipinski definition) is 4. The Morgan fingerprint density at radius 2 is 1.83 bits per heavy atom. The minimum atomic E-state index is -4.39. The normalized spacial score (nSPS) is 13.6. The van der Waals surface area contributed by atoms with Crippen molar-refractivity contribution in [3.63, 3.8) is 0 Å². The lowest BCUT2D eigenvalue weighted by atomic mass is 10.2. The van der Waals surface area contributed by atoms with Crippen molar-refractivity contribution >= 4 is 22.3 Å². The molecule has 2 aromatic rings. The van der Waals surface area contributed by atoms with Crippen molar-refractivity contribution in [2.75, 3.05) is 0 Å². The van der Waals surface area contributed by atoms with Crippen LogP contribution in [0.5, 0.6) is 0 Å². The van der Waals surface area contributed by atoms with Crippen LogP contribution in [0.1, 0.15) is 11.3 Å². The second-order valence-electron chi connectivity index (χ2n) is 3.44. The molecule has 0 aliphatic rings. The Hall–Kier alpha value is -1.28. The summed E-state index contributed by atoms with van der Waals surface area (Å²) in [5.74, 6) is 0. The van der Waals surface area contributed by atoms with Crippen LogP contribution < -0.4 is 0 Å². The third-order valence-corrected chi connectivity index (χ3v) is 4.81. The zero-order chi connectivity index (χ0) is 13.3. The van der Waals surface area contributed by atoms with E-state index in [1.54, 1.807) is 6.92 Å². The Morgan fingerprint density at radius 3 is 2.28 bits per heavy atom. The second kappa shape index (κ2) is 4.77. The highest BCUT2D eigenvalue weighted by Gasteiger charge is 2.30. The van der Waals surface area contributed by atoms with E-state index >= 15 is 0 Å². The Balaban J connectivity index is 2.31. The van der Waals surface area contributed by atoms with Gasteiger partial charge >= 0.3 is 6.18 Å². The number of alkyl halides is 3. The number of benzene rings is 1. The molecule has 0 saturated carbocycles. The average molecular weight is 292 g/mol. The van der Waals surface area contributed by atoms with Crippen LogP contribution in [0.15, 0.2) is 33.4 Å². The summed E-state index contributed by atoms with van der Waals surface area (Å²) in [5.41, 5.74) is -0.236. The van der Waals surface area contributed by atoms with Crippen LogP contribution in [-0.2, 0) is 17.0 Å². The Bertz CT molecular complexity index is 578. The second-order valence-corrected chi connectivity index (χ2v) is 5.87. The molecule has 1 aromatic carbocycles. The van der Waals surface area contributed by atoms with E-state index in [0.29, 0.717) is 14.8 Å². The molecular weight excluding hydrogens is 285 g/mol. The van der Waals surface area contributed by atoms with Gasteiger partial charge in [0.2, 0.25) is 0 Å². The third kappa shape index (κ3) is 2.59. The first-order valence-electron chi connectivity index (χ1n) is 4.77. The van der Waals surface area contributed by atoms with E-state index in [-0.39, 0.29) is 0 Å². The van der Waals surface area contributed by atoms with E-state index in [1.165, 1.54) is 12.1 Å². The minimum absolute atomic E-state index is 0.303. The van der Waals surface area contributed by atoms with Crippen LogP contribution >= 0.6 is 11.5 Å². The molecule has 0 radical (unpaired) electrons. The standard InChI is InChI=1S/C10H7F3N2OS2/c1-6-9(17-15-14-6)18(16)8-4-2-7(3-5-8)10(11,12)13/h2-5H,1H3/t18-/m1/s1. The van der Waals surface area contributed by atoms with Gasteiger partial charge in [0.15, 0.2) is 0 Å². The Kier molecular flexibility index (Phi) is 3.49. The summed E-state index contributed by atoms with van der Waals surface area (Å²) in [5, 5.41) is 3.72. The summed E-state index contributed by atoms with van der Waals surface area (Å²) < 4.78 is 53.2. The number of aryl methyl sites for hydroxylation is 1. The summed E-state index contributed by atoms with van der Waals surface area (Å²) in [4.78, 5) is 0.303. The lowest BCUT2D eigenvalue weighted by Gasteiger charge is -2.06. The first kappa shape index (κ1) is 13.2. The van der Waals surface area contributed by atoms with Gasteiger partial charge in [0, 0.05) is 4.90 Å². The number of rotatable bonds is 2. The molecule has 0 fully saturated rings. The van der Waals surface area contributed by atoms with Crippen molar-refractivity contribution in [3.8, 4) is 0 Å². The molecule has 18 heavy (non-hydrogen) atoms. The summed E-state index contributed by atoms with van der Waals surface area (Å²) in [6, 6.07) is 4.24. The van der Waals surface area contributed by atoms with Gasteiger partial charge in [0.25, 0.3) is 0 Å². The monoisotopic (exact) mass is 292 g/mol. The van der Waals surface area contributed by atoms with Crippen molar-refractivity contribution in [3.05, 3.63) is 35.5 Å². The van der Waals surface area contributed by atoms with Gasteiger partial charge in [-0.25, -0.2) is 4.21 Å². The minimum Gasteiger partial charge on any atom is -0.248 e. The third-order valence-electron chi connectivity index (χ3n) is 2.17. The predicted octanol–water partition coefficient (Wildman–Crippen LogP) is 3.03. The van der Waals surface area contributed by atoms with Gasteiger partial charge in [-0.2, -0.15) is 13.2 Å². The first-order valence-corrected chi connectivity index (χ1v) is 6.70. The Labute approximate surface area is 107 Å². The van der Waals surface area contributed by atoms with Gasteiger partial charge in [-0.3, -0.25) is 0 Å². The summed E-state index contributed by atoms with van der Waals surface area (Å²) in [6.07, 6.45) is -4.39. The summed E-state index contributed by atoms with van der Waals surface area (Å²) >= 11 is 0.979. The van der Waals surface area contributed by atoms with Gasteiger partial charge in [0.05, 0.1) is 22.1 Å². The van der Waals surface area contributed by atoms with E-state index in [0.717, 1.165) is 23.7 Å². The Morgan fingerprint density at radius 1 is 1.22 bits per heavy atom. The largest absolute Gasteiger partial charge is 0.416 e. The highest BCUT2D eigenvalue weighted by molar-refractivity contribution is 7.87. The SMILES string of the molecule is Cc1nnsc1[S@](=O)c1ccc(C(F)(F)F)cc1. The molecular formula is C10H7F3N2OS2. The van der Waals surface area contributed by atoms with Crippen molar-refractivity contribution in [2.45, 2.75) is 22.2 Å². The topological polar surface area (TPSA) is 42.9 Å². The number of halogens is 3. The molecule has 0 unspecified atom stereocenters. The molecule has 0 spiro atoms. The maximum Gasteiger partial charge on any atom is 0.416 e. The first-order chi connectivity index (χ1) is 8.39. The van der Waals surface area contributed by atoms with Crippen molar-refractivity contribution in [1.82, 2.24) is 9.59 Å². The van der Waals surface area contributed by atoms with Crippen LogP contribution in [0.25, 0.3) is 0 Å². The molecule has 0 aliphatic carbocycles. The van der Waals surface area contributed by atoms with E-state index < -0.39 is 22.5 Å². The van der Waals surface area contributed by atoms with Crippen LogP contribution in [-0.4, -0.2) is 13.8 Å². The molecule has 1 atom stereocenters. The quantitative estimate of drug-likeness (QED) is 0.854. The molecule has 0 bridgehead atoms. The maximum atomic E-state index is 12.4. The molecule has 0 saturated heterocycles. The summed E-state index contributed by atoms with van der Waals surface area (Å²) in [7, 11) is -1.54. The molecule has 2 rings (SSSR count). The van der Waals surface area contributed by atoms with Gasteiger partial charge in [-0.05, 0) is 42.7 Å². The van der Waals surface area contributed by atoms with E-state index in [2.05, 4.69) is 9.59 Å². The lowest BCUT2D eigenvalue weighted by molar-refractivity contribution is -0.137. The highest BCUT2D eigenvalue weighted by atomic mass is 32.2. The average Bonchev–Trinajstić information content (AvgIpc) is 2.73. The molecule has 8 heteroatoms. The van der Waals surface area contributed by atoms with Gasteiger partial charge in [0.1, 0.15) is 4.21 Å². The zero-order valence-corrected chi connectivity index (χ0v) is 10.7. The van der Waals surface area contributed by atoms with Crippen LogP contribution in [0.4, 0.5) is 13.2 Å². The van der Waals surface area contributed by atoms with E-state index in [9.17, 15) is 17.4 Å². The fourth-order valence-corrected chi connectivity index (χ4v) is 3.24. The van der Waals surface area contributed by atoms with Crippen molar-refractivity contribution in [2.24, 2.45) is 0 Å². The fraction of sp³-hybridized carbons (Fsp3) is 0.200. The molecule has 1 aromatic heterocycles. The van der Waals surface area contributed by atoms with Crippen molar-refractivity contribution in [1.29, 1.82) is 0 Å². The molecule has 0 N–H and O–H groups in total. The van der Waals surface area contributed by atoms with Crippen molar-refractivity contribution < 1.29 is 17.4 Å². The van der Waals surface area contributed by atoms with Crippen LogP contribution in [0, 0.1) is 6.92 Å². The fourth-order valence-electron chi connectivity index (χ4n) is 1.27. The molecule has 96 valence electrons. The van der Waals surface area contributed by atoms with Gasteiger partial charge in [-0.1, -0.05) is 4.49 Å². The maximum absolute atomic E-state index is 12.4. The smallest absolute Gasteiger partial charge is 0.248 e. The predicted molar refractivity (Wildman–Crippen MR) is 60.8 cm³/mol. The van der Waals surface area contributed by atoms with E-state index in [4.69, 9.17) is 0 Å². The van der Waals surface area contributed by atoms with Crippen LogP contribution in [0.3, 0.4) is 0 Å². The number of aromatic nitrogens is 2.